The highest BCUT2D eigenvalue weighted by atomic mass is 16.5. The maximum atomic E-state index is 11.8. The molecule has 2 atom stereocenters. The Bertz CT molecular complexity index is 452. The minimum atomic E-state index is -0.287. The highest BCUT2D eigenvalue weighted by Crippen LogP contribution is 2.24. The molecule has 116 valence electrons. The first-order valence-electron chi connectivity index (χ1n) is 7.38. The molecule has 5 heteroatoms. The summed E-state index contributed by atoms with van der Waals surface area (Å²) in [5, 5.41) is 3.05. The molecule has 0 amide bonds. The molecule has 2 unspecified atom stereocenters. The number of carbonyl (C=O) groups is 1. The van der Waals surface area contributed by atoms with E-state index in [0.717, 1.165) is 19.6 Å². The van der Waals surface area contributed by atoms with Crippen molar-refractivity contribution in [3.05, 3.63) is 35.9 Å². The number of rotatable bonds is 5. The fourth-order valence-corrected chi connectivity index (χ4v) is 2.83. The van der Waals surface area contributed by atoms with Crippen LogP contribution in [0.25, 0.3) is 0 Å². The molecule has 2 rings (SSSR count). The summed E-state index contributed by atoms with van der Waals surface area (Å²) in [5.41, 5.74) is 1.30. The minimum Gasteiger partial charge on any atom is -0.468 e. The van der Waals surface area contributed by atoms with Gasteiger partial charge in [0.05, 0.1) is 7.11 Å². The van der Waals surface area contributed by atoms with Gasteiger partial charge < -0.3 is 15.0 Å². The van der Waals surface area contributed by atoms with Gasteiger partial charge in [-0.25, -0.2) is 0 Å². The predicted octanol–water partition coefficient (Wildman–Crippen LogP) is 0.736. The Kier molecular flexibility index (Phi) is 5.73. The summed E-state index contributed by atoms with van der Waals surface area (Å²) in [6.07, 6.45) is 0. The van der Waals surface area contributed by atoms with Crippen LogP contribution in [-0.2, 0) is 9.53 Å². The summed E-state index contributed by atoms with van der Waals surface area (Å²) in [5.74, 6) is -0.205. The van der Waals surface area contributed by atoms with Gasteiger partial charge in [0.1, 0.15) is 6.04 Å². The van der Waals surface area contributed by atoms with Crippen LogP contribution in [0.15, 0.2) is 30.3 Å². The summed E-state index contributed by atoms with van der Waals surface area (Å²) in [4.78, 5) is 16.5. The van der Waals surface area contributed by atoms with Gasteiger partial charge in [0.25, 0.3) is 0 Å². The van der Waals surface area contributed by atoms with E-state index in [1.165, 1.54) is 12.7 Å². The molecule has 0 aromatic heterocycles. The molecule has 21 heavy (non-hydrogen) atoms. The number of carbonyl (C=O) groups excluding carboxylic acids is 1. The number of methoxy groups -OCH3 is 1. The molecule has 0 bridgehead atoms. The van der Waals surface area contributed by atoms with Gasteiger partial charge in [-0.15, -0.1) is 0 Å². The van der Waals surface area contributed by atoms with Crippen LogP contribution in [0.4, 0.5) is 0 Å². The number of hydrogen-bond donors (Lipinski definition) is 1. The van der Waals surface area contributed by atoms with Crippen LogP contribution in [-0.4, -0.2) is 69.2 Å². The zero-order chi connectivity index (χ0) is 15.2. The van der Waals surface area contributed by atoms with Gasteiger partial charge in [-0.2, -0.15) is 0 Å². The van der Waals surface area contributed by atoms with Gasteiger partial charge in [0.15, 0.2) is 0 Å². The number of nitrogens with one attached hydrogen (secondary N) is 1. The Morgan fingerprint density at radius 1 is 1.38 bits per heavy atom. The lowest BCUT2D eigenvalue weighted by atomic mass is 10.0. The summed E-state index contributed by atoms with van der Waals surface area (Å²) >= 11 is 0. The van der Waals surface area contributed by atoms with Crippen LogP contribution in [0.3, 0.4) is 0 Å². The summed E-state index contributed by atoms with van der Waals surface area (Å²) < 4.78 is 4.87. The van der Waals surface area contributed by atoms with Crippen molar-refractivity contribution >= 4 is 5.97 Å². The largest absolute Gasteiger partial charge is 0.468 e. The van der Waals surface area contributed by atoms with E-state index < -0.39 is 0 Å². The van der Waals surface area contributed by atoms with E-state index in [4.69, 9.17) is 4.74 Å². The molecule has 0 radical (unpaired) electrons. The van der Waals surface area contributed by atoms with Gasteiger partial charge in [0.2, 0.25) is 0 Å². The third kappa shape index (κ3) is 4.03. The summed E-state index contributed by atoms with van der Waals surface area (Å²) in [6.45, 7) is 3.60. The fraction of sp³-hybridized carbons (Fsp3) is 0.562. The molecule has 5 nitrogen and oxygen atoms in total. The Morgan fingerprint density at radius 3 is 2.71 bits per heavy atom. The molecular formula is C16H25N3O2. The van der Waals surface area contributed by atoms with Crippen LogP contribution in [0.2, 0.25) is 0 Å². The molecule has 1 aliphatic rings. The number of ether oxygens (including phenoxy) is 1. The topological polar surface area (TPSA) is 44.8 Å². The molecule has 1 heterocycles. The fourth-order valence-electron chi connectivity index (χ4n) is 2.83. The smallest absolute Gasteiger partial charge is 0.324 e. The number of likely N-dealkylation sites (N-methyl/N-ethyl adjacent to an activating group) is 2. The second-order valence-corrected chi connectivity index (χ2v) is 5.55. The Morgan fingerprint density at radius 2 is 2.10 bits per heavy atom. The quantitative estimate of drug-likeness (QED) is 0.811. The van der Waals surface area contributed by atoms with E-state index in [-0.39, 0.29) is 12.0 Å². The number of piperazine rings is 1. The molecule has 0 aliphatic carbocycles. The van der Waals surface area contributed by atoms with Crippen molar-refractivity contribution in [3.63, 3.8) is 0 Å². The van der Waals surface area contributed by atoms with Crippen LogP contribution in [0.5, 0.6) is 0 Å². The zero-order valence-corrected chi connectivity index (χ0v) is 13.1. The first-order valence-corrected chi connectivity index (χ1v) is 7.38. The van der Waals surface area contributed by atoms with Crippen LogP contribution >= 0.6 is 0 Å². The van der Waals surface area contributed by atoms with Crippen molar-refractivity contribution in [2.24, 2.45) is 0 Å². The first-order chi connectivity index (χ1) is 10.2. The highest BCUT2D eigenvalue weighted by Gasteiger charge is 2.30. The maximum Gasteiger partial charge on any atom is 0.324 e. The average molecular weight is 291 g/mol. The average Bonchev–Trinajstić information content (AvgIpc) is 2.53. The lowest BCUT2D eigenvalue weighted by Gasteiger charge is -2.41. The Balaban J connectivity index is 2.13. The van der Waals surface area contributed by atoms with Gasteiger partial charge in [-0.3, -0.25) is 9.69 Å². The minimum absolute atomic E-state index is 0.205. The van der Waals surface area contributed by atoms with E-state index >= 15 is 0 Å². The molecule has 1 aliphatic heterocycles. The van der Waals surface area contributed by atoms with Crippen LogP contribution in [0, 0.1) is 0 Å². The highest BCUT2D eigenvalue weighted by molar-refractivity contribution is 5.75. The molecule has 0 spiro atoms. The van der Waals surface area contributed by atoms with Crippen LogP contribution < -0.4 is 5.32 Å². The van der Waals surface area contributed by atoms with E-state index in [2.05, 4.69) is 46.4 Å². The van der Waals surface area contributed by atoms with Crippen molar-refractivity contribution in [1.82, 2.24) is 15.1 Å². The van der Waals surface area contributed by atoms with Gasteiger partial charge in [0, 0.05) is 32.2 Å². The number of hydrogen-bond acceptors (Lipinski definition) is 5. The van der Waals surface area contributed by atoms with Crippen molar-refractivity contribution in [1.29, 1.82) is 0 Å². The van der Waals surface area contributed by atoms with Gasteiger partial charge >= 0.3 is 5.97 Å². The number of nitrogens with zero attached hydrogens (tertiary/aromatic N) is 2. The van der Waals surface area contributed by atoms with Crippen LogP contribution in [0.1, 0.15) is 11.6 Å². The molecule has 1 saturated heterocycles. The molecular weight excluding hydrogens is 266 g/mol. The standard InChI is InChI=1S/C16H25N3O2/c1-17-14(16(20)21-3)11-19-10-9-18(2)12-15(19)13-7-5-4-6-8-13/h4-8,14-15,17H,9-12H2,1-3H3. The Hall–Kier alpha value is -1.43. The SMILES string of the molecule is CNC(CN1CCN(C)CC1c1ccccc1)C(=O)OC. The monoisotopic (exact) mass is 291 g/mol. The summed E-state index contributed by atoms with van der Waals surface area (Å²) in [6, 6.07) is 10.5. The van der Waals surface area contributed by atoms with E-state index in [0.29, 0.717) is 12.6 Å². The Labute approximate surface area is 126 Å². The molecule has 1 aromatic carbocycles. The molecule has 1 aromatic rings. The molecule has 1 N–H and O–H groups in total. The summed E-state index contributed by atoms with van der Waals surface area (Å²) in [7, 11) is 5.38. The molecule has 1 fully saturated rings. The first kappa shape index (κ1) is 15.9. The normalized spacial score (nSPS) is 22.0. The second kappa shape index (κ2) is 7.54. The number of esters is 1. The van der Waals surface area contributed by atoms with Crippen molar-refractivity contribution < 1.29 is 9.53 Å². The van der Waals surface area contributed by atoms with E-state index in [1.807, 2.05) is 6.07 Å². The van der Waals surface area contributed by atoms with E-state index in [9.17, 15) is 4.79 Å². The maximum absolute atomic E-state index is 11.8. The zero-order valence-electron chi connectivity index (χ0n) is 13.1. The van der Waals surface area contributed by atoms with Gasteiger partial charge in [-0.1, -0.05) is 30.3 Å². The second-order valence-electron chi connectivity index (χ2n) is 5.55. The third-order valence-corrected chi connectivity index (χ3v) is 4.13. The third-order valence-electron chi connectivity index (χ3n) is 4.13. The van der Waals surface area contributed by atoms with Crippen molar-refractivity contribution in [3.8, 4) is 0 Å². The molecule has 0 saturated carbocycles. The lowest BCUT2D eigenvalue weighted by molar-refractivity contribution is -0.143. The van der Waals surface area contributed by atoms with Crippen molar-refractivity contribution in [2.75, 3.05) is 47.4 Å². The van der Waals surface area contributed by atoms with Crippen molar-refractivity contribution in [2.45, 2.75) is 12.1 Å². The van der Waals surface area contributed by atoms with Gasteiger partial charge in [-0.05, 0) is 19.7 Å². The number of benzene rings is 1. The predicted molar refractivity (Wildman–Crippen MR) is 83.1 cm³/mol. The van der Waals surface area contributed by atoms with E-state index in [1.54, 1.807) is 7.05 Å². The lowest BCUT2D eigenvalue weighted by Crippen LogP contribution is -2.52.